The van der Waals surface area contributed by atoms with Crippen LogP contribution in [0.25, 0.3) is 0 Å². The molecule has 0 atom stereocenters. The highest BCUT2D eigenvalue weighted by Gasteiger charge is 2.20. The summed E-state index contributed by atoms with van der Waals surface area (Å²) in [6.07, 6.45) is 0.802. The number of nitrogens with one attached hydrogen (secondary N) is 1. The van der Waals surface area contributed by atoms with Crippen molar-refractivity contribution < 1.29 is 22.7 Å². The Hall–Kier alpha value is -1.64. The van der Waals surface area contributed by atoms with Crippen LogP contribution in [0, 0.1) is 6.92 Å². The third-order valence-electron chi connectivity index (χ3n) is 2.57. The zero-order valence-corrected chi connectivity index (χ0v) is 13.1. The van der Waals surface area contributed by atoms with Gasteiger partial charge in [0.1, 0.15) is 11.5 Å². The van der Waals surface area contributed by atoms with Crippen molar-refractivity contribution in [2.45, 2.75) is 25.2 Å². The zero-order chi connectivity index (χ0) is 16.0. The quantitative estimate of drug-likeness (QED) is 0.730. The number of carbonyl (C=O) groups excluding carboxylic acids is 1. The summed E-state index contributed by atoms with van der Waals surface area (Å²) >= 11 is 0. The van der Waals surface area contributed by atoms with Gasteiger partial charge in [0.05, 0.1) is 12.8 Å². The van der Waals surface area contributed by atoms with E-state index in [0.29, 0.717) is 12.2 Å². The summed E-state index contributed by atoms with van der Waals surface area (Å²) in [5, 5.41) is 7.72. The third kappa shape index (κ3) is 5.00. The lowest BCUT2D eigenvalue weighted by Crippen LogP contribution is -2.20. The number of ether oxygens (including phenoxy) is 2. The van der Waals surface area contributed by atoms with Gasteiger partial charge in [-0.15, -0.1) is 0 Å². The van der Waals surface area contributed by atoms with Crippen molar-refractivity contribution in [3.8, 4) is 5.75 Å². The molecule has 1 rings (SSSR count). The van der Waals surface area contributed by atoms with Gasteiger partial charge >= 0.3 is 0 Å². The molecule has 8 heteroatoms. The maximum Gasteiger partial charge on any atom is 0.250 e. The molecular weight excluding hydrogens is 296 g/mol. The second-order valence-corrected chi connectivity index (χ2v) is 6.02. The molecule has 3 N–H and O–H groups in total. The number of hydrogen-bond donors (Lipinski definition) is 2. The number of hydrogen-bond acceptors (Lipinski definition) is 5. The van der Waals surface area contributed by atoms with Gasteiger partial charge in [0.25, 0.3) is 0 Å². The molecule has 21 heavy (non-hydrogen) atoms. The van der Waals surface area contributed by atoms with Gasteiger partial charge in [-0.3, -0.25) is 4.79 Å². The molecule has 0 aromatic heterocycles. The van der Waals surface area contributed by atoms with Gasteiger partial charge in [-0.1, -0.05) is 6.92 Å². The predicted octanol–water partition coefficient (Wildman–Crippen LogP) is 1.02. The van der Waals surface area contributed by atoms with E-state index >= 15 is 0 Å². The summed E-state index contributed by atoms with van der Waals surface area (Å²) < 4.78 is 33.3. The summed E-state index contributed by atoms with van der Waals surface area (Å²) in [6.45, 7) is 3.98. The SMILES string of the molecule is CCCOCC(=O)Nc1cc(C)cc(S(N)(=O)=O)c1OC. The zero-order valence-electron chi connectivity index (χ0n) is 12.3. The van der Waals surface area contributed by atoms with E-state index in [1.807, 2.05) is 6.92 Å². The van der Waals surface area contributed by atoms with Crippen LogP contribution >= 0.6 is 0 Å². The van der Waals surface area contributed by atoms with Crippen LogP contribution in [0.3, 0.4) is 0 Å². The van der Waals surface area contributed by atoms with Crippen molar-refractivity contribution in [1.82, 2.24) is 0 Å². The van der Waals surface area contributed by atoms with Gasteiger partial charge in [-0.05, 0) is 31.0 Å². The maximum absolute atomic E-state index is 11.8. The summed E-state index contributed by atoms with van der Waals surface area (Å²) in [7, 11) is -2.65. The lowest BCUT2D eigenvalue weighted by Gasteiger charge is -2.14. The van der Waals surface area contributed by atoms with Crippen LogP contribution in [0.15, 0.2) is 17.0 Å². The molecule has 0 aliphatic heterocycles. The van der Waals surface area contributed by atoms with Gasteiger partial charge in [0.2, 0.25) is 15.9 Å². The molecule has 0 aliphatic carbocycles. The molecule has 0 saturated heterocycles. The Kier molecular flexibility index (Phi) is 6.13. The van der Waals surface area contributed by atoms with Gasteiger partial charge in [-0.2, -0.15) is 0 Å². The van der Waals surface area contributed by atoms with Gasteiger partial charge in [0.15, 0.2) is 5.75 Å². The fourth-order valence-electron chi connectivity index (χ4n) is 1.75. The number of nitrogens with two attached hydrogens (primary N) is 1. The maximum atomic E-state index is 11.8. The van der Waals surface area contributed by atoms with Crippen LogP contribution in [0.5, 0.6) is 5.75 Å². The molecule has 0 unspecified atom stereocenters. The van der Waals surface area contributed by atoms with E-state index in [9.17, 15) is 13.2 Å². The van der Waals surface area contributed by atoms with Crippen molar-refractivity contribution in [3.05, 3.63) is 17.7 Å². The van der Waals surface area contributed by atoms with E-state index in [2.05, 4.69) is 5.32 Å². The largest absolute Gasteiger partial charge is 0.493 e. The molecule has 0 aliphatic rings. The number of rotatable bonds is 7. The molecule has 0 heterocycles. The van der Waals surface area contributed by atoms with Crippen LogP contribution in [0.1, 0.15) is 18.9 Å². The van der Waals surface area contributed by atoms with Gasteiger partial charge < -0.3 is 14.8 Å². The normalized spacial score (nSPS) is 11.2. The Bertz CT molecular complexity index is 613. The highest BCUT2D eigenvalue weighted by Crippen LogP contribution is 2.33. The standard InChI is InChI=1S/C13H20N2O5S/c1-4-5-20-8-12(16)15-10-6-9(2)7-11(13(10)19-3)21(14,17)18/h6-7H,4-5,8H2,1-3H3,(H,15,16)(H2,14,17,18). The van der Waals surface area contributed by atoms with Crippen LogP contribution in [0.4, 0.5) is 5.69 Å². The molecule has 0 bridgehead atoms. The molecule has 0 saturated carbocycles. The summed E-state index contributed by atoms with van der Waals surface area (Å²) in [6, 6.07) is 2.99. The van der Waals surface area contributed by atoms with E-state index in [-0.39, 0.29) is 22.9 Å². The highest BCUT2D eigenvalue weighted by molar-refractivity contribution is 7.89. The van der Waals surface area contributed by atoms with Crippen LogP contribution in [-0.2, 0) is 19.6 Å². The molecule has 7 nitrogen and oxygen atoms in total. The average molecular weight is 316 g/mol. The number of sulfonamides is 1. The van der Waals surface area contributed by atoms with Crippen molar-refractivity contribution in [2.24, 2.45) is 5.14 Å². The number of primary sulfonamides is 1. The Labute approximate surface area is 124 Å². The highest BCUT2D eigenvalue weighted by atomic mass is 32.2. The first-order valence-electron chi connectivity index (χ1n) is 6.38. The Morgan fingerprint density at radius 3 is 2.57 bits per heavy atom. The van der Waals surface area contributed by atoms with Crippen molar-refractivity contribution >= 4 is 21.6 Å². The van der Waals surface area contributed by atoms with E-state index < -0.39 is 15.9 Å². The monoisotopic (exact) mass is 316 g/mol. The van der Waals surface area contributed by atoms with Crippen LogP contribution < -0.4 is 15.2 Å². The average Bonchev–Trinajstić information content (AvgIpc) is 2.37. The molecule has 0 spiro atoms. The fraction of sp³-hybridized carbons (Fsp3) is 0.462. The fourth-order valence-corrected chi connectivity index (χ4v) is 2.55. The number of carbonyl (C=O) groups is 1. The minimum atomic E-state index is -3.95. The molecule has 1 aromatic rings. The second kappa shape index (κ2) is 7.39. The summed E-state index contributed by atoms with van der Waals surface area (Å²) in [5.74, 6) is -0.389. The second-order valence-electron chi connectivity index (χ2n) is 4.49. The number of aryl methyl sites for hydroxylation is 1. The molecule has 118 valence electrons. The number of amides is 1. The number of anilines is 1. The lowest BCUT2D eigenvalue weighted by molar-refractivity contribution is -0.120. The van der Waals surface area contributed by atoms with Gasteiger partial charge in [0, 0.05) is 6.61 Å². The van der Waals surface area contributed by atoms with Crippen molar-refractivity contribution in [2.75, 3.05) is 25.6 Å². The molecular formula is C13H20N2O5S. The van der Waals surface area contributed by atoms with Crippen molar-refractivity contribution in [3.63, 3.8) is 0 Å². The van der Waals surface area contributed by atoms with E-state index in [4.69, 9.17) is 14.6 Å². The molecule has 0 fully saturated rings. The van der Waals surface area contributed by atoms with Crippen LogP contribution in [0.2, 0.25) is 0 Å². The Morgan fingerprint density at radius 1 is 1.38 bits per heavy atom. The molecule has 1 amide bonds. The van der Waals surface area contributed by atoms with Crippen molar-refractivity contribution in [1.29, 1.82) is 0 Å². The first-order chi connectivity index (χ1) is 9.79. The van der Waals surface area contributed by atoms with E-state index in [0.717, 1.165) is 6.42 Å². The number of methoxy groups -OCH3 is 1. The Balaban J connectivity index is 3.07. The van der Waals surface area contributed by atoms with E-state index in [1.165, 1.54) is 13.2 Å². The minimum Gasteiger partial charge on any atom is -0.493 e. The summed E-state index contributed by atoms with van der Waals surface area (Å²) in [5.41, 5.74) is 0.872. The molecule has 1 aromatic carbocycles. The van der Waals surface area contributed by atoms with E-state index in [1.54, 1.807) is 13.0 Å². The first kappa shape index (κ1) is 17.4. The lowest BCUT2D eigenvalue weighted by atomic mass is 10.2. The number of benzene rings is 1. The van der Waals surface area contributed by atoms with Crippen LogP contribution in [-0.4, -0.2) is 34.6 Å². The summed E-state index contributed by atoms with van der Waals surface area (Å²) in [4.78, 5) is 11.6. The molecule has 0 radical (unpaired) electrons. The Morgan fingerprint density at radius 2 is 2.05 bits per heavy atom. The predicted molar refractivity (Wildman–Crippen MR) is 78.8 cm³/mol. The smallest absolute Gasteiger partial charge is 0.250 e. The van der Waals surface area contributed by atoms with Gasteiger partial charge in [-0.25, -0.2) is 13.6 Å². The first-order valence-corrected chi connectivity index (χ1v) is 7.93. The topological polar surface area (TPSA) is 108 Å². The minimum absolute atomic E-state index is 0.00643. The third-order valence-corrected chi connectivity index (χ3v) is 3.48.